The third-order valence-corrected chi connectivity index (χ3v) is 5.02. The average molecular weight is 383 g/mol. The molecular formula is C21H30N6O. The van der Waals surface area contributed by atoms with Gasteiger partial charge < -0.3 is 14.8 Å². The Morgan fingerprint density at radius 1 is 1.14 bits per heavy atom. The van der Waals surface area contributed by atoms with Gasteiger partial charge in [-0.25, -0.2) is 4.79 Å². The lowest BCUT2D eigenvalue weighted by atomic mass is 10.2. The number of urea groups is 1. The molecule has 0 saturated carbocycles. The van der Waals surface area contributed by atoms with Gasteiger partial charge in [0, 0.05) is 38.8 Å². The van der Waals surface area contributed by atoms with Gasteiger partial charge >= 0.3 is 6.03 Å². The maximum Gasteiger partial charge on any atom is 0.318 e. The quantitative estimate of drug-likeness (QED) is 0.834. The highest BCUT2D eigenvalue weighted by Crippen LogP contribution is 2.15. The summed E-state index contributed by atoms with van der Waals surface area (Å²) in [5.41, 5.74) is 1.21. The number of benzene rings is 1. The van der Waals surface area contributed by atoms with Crippen LogP contribution in [-0.4, -0.2) is 63.3 Å². The van der Waals surface area contributed by atoms with Crippen molar-refractivity contribution in [1.29, 1.82) is 0 Å². The second-order valence-electron chi connectivity index (χ2n) is 7.46. The monoisotopic (exact) mass is 382 g/mol. The molecule has 2 amide bonds. The zero-order chi connectivity index (χ0) is 19.9. The Morgan fingerprint density at radius 2 is 1.86 bits per heavy atom. The standard InChI is InChI=1S/C21H30N6O/c1-17(2)27-16-22-24-20(27)18(3)23-21(28)26-14-12-25(13-15-26)11-7-10-19-8-5-4-6-9-19/h4-10,16-18H,11-15H2,1-3H3,(H,23,28)/b10-7+/t18-/m1/s1. The highest BCUT2D eigenvalue weighted by molar-refractivity contribution is 5.74. The lowest BCUT2D eigenvalue weighted by Crippen LogP contribution is -2.52. The molecule has 7 heteroatoms. The minimum Gasteiger partial charge on any atom is -0.328 e. The number of aromatic nitrogens is 3. The molecule has 1 saturated heterocycles. The van der Waals surface area contributed by atoms with Crippen LogP contribution in [0.25, 0.3) is 6.08 Å². The van der Waals surface area contributed by atoms with Gasteiger partial charge in [0.1, 0.15) is 6.33 Å². The molecular weight excluding hydrogens is 352 g/mol. The summed E-state index contributed by atoms with van der Waals surface area (Å²) in [6.45, 7) is 10.2. The van der Waals surface area contributed by atoms with Crippen LogP contribution in [0.4, 0.5) is 4.79 Å². The normalized spacial score (nSPS) is 16.6. The zero-order valence-corrected chi connectivity index (χ0v) is 17.0. The van der Waals surface area contributed by atoms with Crippen LogP contribution < -0.4 is 5.32 Å². The molecule has 28 heavy (non-hydrogen) atoms. The lowest BCUT2D eigenvalue weighted by Gasteiger charge is -2.34. The van der Waals surface area contributed by atoms with E-state index in [2.05, 4.69) is 58.5 Å². The third kappa shape index (κ3) is 5.19. The topological polar surface area (TPSA) is 66.3 Å². The summed E-state index contributed by atoms with van der Waals surface area (Å²) in [6, 6.07) is 10.4. The fraction of sp³-hybridized carbons (Fsp3) is 0.476. The molecule has 3 rings (SSSR count). The van der Waals surface area contributed by atoms with E-state index < -0.39 is 0 Å². The molecule has 0 aliphatic carbocycles. The zero-order valence-electron chi connectivity index (χ0n) is 17.0. The van der Waals surface area contributed by atoms with Gasteiger partial charge in [-0.15, -0.1) is 10.2 Å². The SMILES string of the molecule is CC(C)n1cnnc1[C@@H](C)NC(=O)N1CCN(C/C=C/c2ccccc2)CC1. The summed E-state index contributed by atoms with van der Waals surface area (Å²) in [5.74, 6) is 0.785. The van der Waals surface area contributed by atoms with Crippen LogP contribution in [0, 0.1) is 0 Å². The van der Waals surface area contributed by atoms with Crippen molar-refractivity contribution in [2.45, 2.75) is 32.9 Å². The van der Waals surface area contributed by atoms with E-state index >= 15 is 0 Å². The Balaban J connectivity index is 1.44. The van der Waals surface area contributed by atoms with Crippen molar-refractivity contribution >= 4 is 12.1 Å². The van der Waals surface area contributed by atoms with E-state index in [0.29, 0.717) is 0 Å². The first-order valence-corrected chi connectivity index (χ1v) is 9.93. The van der Waals surface area contributed by atoms with Crippen LogP contribution in [0.2, 0.25) is 0 Å². The Morgan fingerprint density at radius 3 is 2.54 bits per heavy atom. The fourth-order valence-electron chi connectivity index (χ4n) is 3.34. The van der Waals surface area contributed by atoms with Crippen LogP contribution in [0.5, 0.6) is 0 Å². The van der Waals surface area contributed by atoms with E-state index in [1.54, 1.807) is 6.33 Å². The van der Waals surface area contributed by atoms with Crippen LogP contribution in [0.3, 0.4) is 0 Å². The Labute approximate surface area is 167 Å². The first-order valence-electron chi connectivity index (χ1n) is 9.93. The summed E-state index contributed by atoms with van der Waals surface area (Å²) < 4.78 is 1.99. The van der Waals surface area contributed by atoms with Crippen LogP contribution in [0.1, 0.15) is 44.2 Å². The number of carbonyl (C=O) groups excluding carboxylic acids is 1. The molecule has 150 valence electrons. The number of carbonyl (C=O) groups is 1. The van der Waals surface area contributed by atoms with E-state index in [-0.39, 0.29) is 18.1 Å². The number of nitrogens with zero attached hydrogens (tertiary/aromatic N) is 5. The maximum atomic E-state index is 12.6. The van der Waals surface area contributed by atoms with Crippen molar-refractivity contribution in [1.82, 2.24) is 29.9 Å². The molecule has 1 N–H and O–H groups in total. The van der Waals surface area contributed by atoms with E-state index in [9.17, 15) is 4.79 Å². The van der Waals surface area contributed by atoms with Crippen LogP contribution in [-0.2, 0) is 0 Å². The van der Waals surface area contributed by atoms with Crippen molar-refractivity contribution in [3.63, 3.8) is 0 Å². The third-order valence-electron chi connectivity index (χ3n) is 5.02. The van der Waals surface area contributed by atoms with Gasteiger partial charge in [0.05, 0.1) is 6.04 Å². The van der Waals surface area contributed by atoms with E-state index in [1.165, 1.54) is 5.56 Å². The van der Waals surface area contributed by atoms with Crippen molar-refractivity contribution in [2.75, 3.05) is 32.7 Å². The minimum atomic E-state index is -0.177. The average Bonchev–Trinajstić information content (AvgIpc) is 3.20. The molecule has 0 unspecified atom stereocenters. The van der Waals surface area contributed by atoms with Gasteiger partial charge in [0.2, 0.25) is 0 Å². The largest absolute Gasteiger partial charge is 0.328 e. The summed E-state index contributed by atoms with van der Waals surface area (Å²) >= 11 is 0. The predicted molar refractivity (Wildman–Crippen MR) is 111 cm³/mol. The van der Waals surface area contributed by atoms with Gasteiger partial charge in [0.15, 0.2) is 5.82 Å². The van der Waals surface area contributed by atoms with Crippen molar-refractivity contribution in [2.24, 2.45) is 0 Å². The second kappa shape index (κ2) is 9.50. The number of hydrogen-bond donors (Lipinski definition) is 1. The molecule has 7 nitrogen and oxygen atoms in total. The van der Waals surface area contributed by atoms with E-state index in [1.807, 2.05) is 34.6 Å². The van der Waals surface area contributed by atoms with Crippen molar-refractivity contribution in [3.05, 3.63) is 54.1 Å². The summed E-state index contributed by atoms with van der Waals surface area (Å²) in [6.07, 6.45) is 6.04. The van der Waals surface area contributed by atoms with Gasteiger partial charge in [-0.3, -0.25) is 4.90 Å². The maximum absolute atomic E-state index is 12.6. The van der Waals surface area contributed by atoms with E-state index in [0.717, 1.165) is 38.5 Å². The molecule has 1 aliphatic heterocycles. The van der Waals surface area contributed by atoms with E-state index in [4.69, 9.17) is 0 Å². The molecule has 0 spiro atoms. The van der Waals surface area contributed by atoms with Crippen molar-refractivity contribution in [3.8, 4) is 0 Å². The van der Waals surface area contributed by atoms with Gasteiger partial charge in [0.25, 0.3) is 0 Å². The first-order chi connectivity index (χ1) is 13.5. The summed E-state index contributed by atoms with van der Waals surface area (Å²) in [4.78, 5) is 16.9. The molecule has 1 aromatic heterocycles. The molecule has 2 heterocycles. The Kier molecular flexibility index (Phi) is 6.81. The molecule has 2 aromatic rings. The smallest absolute Gasteiger partial charge is 0.318 e. The Hall–Kier alpha value is -2.67. The van der Waals surface area contributed by atoms with Gasteiger partial charge in [-0.1, -0.05) is 42.5 Å². The molecule has 0 radical (unpaired) electrons. The summed E-state index contributed by atoms with van der Waals surface area (Å²) in [5, 5.41) is 11.2. The Bertz CT molecular complexity index is 777. The number of piperazine rings is 1. The summed E-state index contributed by atoms with van der Waals surface area (Å²) in [7, 11) is 0. The fourth-order valence-corrected chi connectivity index (χ4v) is 3.34. The second-order valence-corrected chi connectivity index (χ2v) is 7.46. The molecule has 1 atom stereocenters. The van der Waals surface area contributed by atoms with Gasteiger partial charge in [-0.05, 0) is 26.3 Å². The molecule has 1 aliphatic rings. The molecule has 1 fully saturated rings. The predicted octanol–water partition coefficient (Wildman–Crippen LogP) is 2.96. The number of amides is 2. The molecule has 0 bridgehead atoms. The van der Waals surface area contributed by atoms with Crippen LogP contribution in [0.15, 0.2) is 42.7 Å². The first kappa shape index (κ1) is 20.1. The van der Waals surface area contributed by atoms with Crippen molar-refractivity contribution < 1.29 is 4.79 Å². The number of nitrogens with one attached hydrogen (secondary N) is 1. The van der Waals surface area contributed by atoms with Crippen LogP contribution >= 0.6 is 0 Å². The van der Waals surface area contributed by atoms with Gasteiger partial charge in [-0.2, -0.15) is 0 Å². The minimum absolute atomic E-state index is 0.0368. The number of hydrogen-bond acceptors (Lipinski definition) is 4. The highest BCUT2D eigenvalue weighted by Gasteiger charge is 2.23. The lowest BCUT2D eigenvalue weighted by molar-refractivity contribution is 0.144. The molecule has 1 aromatic carbocycles. The highest BCUT2D eigenvalue weighted by atomic mass is 16.2. The number of rotatable bonds is 6.